The number of carbonyl (C=O) groups excluding carboxylic acids is 2. The number of benzene rings is 2. The molecule has 2 amide bonds. The minimum absolute atomic E-state index is 0.128. The molecule has 4 atom stereocenters. The molecule has 7 rings (SSSR count). The van der Waals surface area contributed by atoms with Crippen molar-refractivity contribution in [3.63, 3.8) is 0 Å². The predicted molar refractivity (Wildman–Crippen MR) is 192 cm³/mol. The number of carbonyl (C=O) groups is 2. The first kappa shape index (κ1) is 34.0. The number of amides is 2. The van der Waals surface area contributed by atoms with Crippen LogP contribution in [0.15, 0.2) is 54.7 Å². The van der Waals surface area contributed by atoms with Crippen molar-refractivity contribution in [2.75, 3.05) is 6.17 Å². The number of aromatic amines is 2. The molecule has 4 aromatic rings. The van der Waals surface area contributed by atoms with Gasteiger partial charge in [0.1, 0.15) is 28.5 Å². The fourth-order valence-corrected chi connectivity index (χ4v) is 10.2. The van der Waals surface area contributed by atoms with Crippen molar-refractivity contribution < 1.29 is 23.5 Å². The molecule has 3 aliphatic rings. The molecule has 1 saturated carbocycles. The second-order valence-corrected chi connectivity index (χ2v) is 21.9. The van der Waals surface area contributed by atoms with Gasteiger partial charge in [0.15, 0.2) is 0 Å². The molecule has 2 aliphatic heterocycles. The van der Waals surface area contributed by atoms with E-state index >= 15 is 4.39 Å². The summed E-state index contributed by atoms with van der Waals surface area (Å²) in [5, 5.41) is 0. The van der Waals surface area contributed by atoms with Crippen molar-refractivity contribution >= 4 is 20.3 Å². The third-order valence-corrected chi connectivity index (χ3v) is 12.3. The predicted octanol–water partition coefficient (Wildman–Crippen LogP) is 8.88. The summed E-state index contributed by atoms with van der Waals surface area (Å²) in [5.74, 6) is 1.12. The Hall–Kier alpha value is -4.45. The lowest BCUT2D eigenvalue weighted by Gasteiger charge is -2.29. The molecule has 0 bridgehead atoms. The van der Waals surface area contributed by atoms with E-state index in [0.717, 1.165) is 53.3 Å². The van der Waals surface area contributed by atoms with Crippen molar-refractivity contribution in [2.24, 2.45) is 5.92 Å². The molecule has 2 aromatic heterocycles. The van der Waals surface area contributed by atoms with Gasteiger partial charge in [-0.25, -0.2) is 19.6 Å². The van der Waals surface area contributed by atoms with E-state index < -0.39 is 25.2 Å². The van der Waals surface area contributed by atoms with Crippen LogP contribution >= 0.6 is 0 Å². The number of nitrogens with one attached hydrogen (secondary N) is 2. The topological polar surface area (TPSA) is 116 Å². The quantitative estimate of drug-likeness (QED) is 0.201. The van der Waals surface area contributed by atoms with Crippen LogP contribution in [0.25, 0.3) is 33.6 Å². The molecule has 10 nitrogen and oxygen atoms in total. The van der Waals surface area contributed by atoms with Gasteiger partial charge in [-0.2, -0.15) is 4.39 Å². The van der Waals surface area contributed by atoms with E-state index in [1.54, 1.807) is 4.90 Å². The molecule has 3 fully saturated rings. The molecule has 1 aliphatic carbocycles. The maximum atomic E-state index is 15.3. The number of piperidine rings is 1. The number of imidazole rings is 2. The first-order chi connectivity index (χ1) is 23.4. The van der Waals surface area contributed by atoms with E-state index in [1.165, 1.54) is 0 Å². The Balaban J connectivity index is 1.04. The molecule has 0 spiro atoms. The summed E-state index contributed by atoms with van der Waals surface area (Å²) in [7, 11) is -1.63. The number of fused-ring (bicyclic) bond motifs is 1. The Morgan fingerprint density at radius 2 is 1.38 bits per heavy atom. The molecule has 0 unspecified atom stereocenters. The van der Waals surface area contributed by atoms with Crippen LogP contribution in [0, 0.1) is 11.9 Å². The Morgan fingerprint density at radius 1 is 0.800 bits per heavy atom. The fraction of sp³-hybridized carbons (Fsp3) is 0.474. The molecule has 50 heavy (non-hydrogen) atoms. The number of rotatable bonds is 5. The SMILES string of the molecule is CC(C)(C)OC(=O)N1C[Si](C)(C)C[C@H]1c1ncc(-c2ccc(-c3ccc(-c4nc([C@@H]5C[C@H]6C[C@H]6N5C(=O)OC(C)(C)C)[nH]c4F)cc3)cc2)[nH]1. The first-order valence-electron chi connectivity index (χ1n) is 17.5. The van der Waals surface area contributed by atoms with E-state index in [4.69, 9.17) is 14.5 Å². The molecular weight excluding hydrogens is 652 g/mol. The minimum atomic E-state index is -1.63. The van der Waals surface area contributed by atoms with Crippen LogP contribution in [0.1, 0.15) is 78.1 Å². The molecule has 0 radical (unpaired) electrons. The first-order valence-corrected chi connectivity index (χ1v) is 20.9. The highest BCUT2D eigenvalue weighted by molar-refractivity contribution is 6.78. The number of nitrogens with zero attached hydrogens (tertiary/aromatic N) is 4. The van der Waals surface area contributed by atoms with E-state index in [9.17, 15) is 9.59 Å². The van der Waals surface area contributed by atoms with Crippen LogP contribution in [0.4, 0.5) is 14.0 Å². The number of ether oxygens (including phenoxy) is 2. The third kappa shape index (κ3) is 6.94. The van der Waals surface area contributed by atoms with Crippen LogP contribution in [0.5, 0.6) is 0 Å². The van der Waals surface area contributed by atoms with E-state index in [0.29, 0.717) is 17.3 Å². The monoisotopic (exact) mass is 698 g/mol. The number of aromatic nitrogens is 4. The Bertz CT molecular complexity index is 1910. The van der Waals surface area contributed by atoms with Gasteiger partial charge in [-0.15, -0.1) is 0 Å². The number of H-pyrrole nitrogens is 2. The van der Waals surface area contributed by atoms with E-state index in [-0.39, 0.29) is 36.0 Å². The summed E-state index contributed by atoms with van der Waals surface area (Å²) in [6, 6.07) is 16.4. The van der Waals surface area contributed by atoms with Gasteiger partial charge >= 0.3 is 12.2 Å². The van der Waals surface area contributed by atoms with Gasteiger partial charge < -0.3 is 24.3 Å². The Labute approximate surface area is 293 Å². The average molecular weight is 699 g/mol. The third-order valence-electron chi connectivity index (χ3n) is 9.65. The fourth-order valence-electron chi connectivity index (χ4n) is 7.34. The van der Waals surface area contributed by atoms with Gasteiger partial charge in [0, 0.05) is 17.8 Å². The summed E-state index contributed by atoms with van der Waals surface area (Å²) in [5.41, 5.74) is 3.58. The van der Waals surface area contributed by atoms with Crippen LogP contribution in [0.2, 0.25) is 19.1 Å². The lowest BCUT2D eigenvalue weighted by atomic mass is 10.0. The molecule has 12 heteroatoms. The summed E-state index contributed by atoms with van der Waals surface area (Å²) < 4.78 is 26.7. The van der Waals surface area contributed by atoms with Crippen molar-refractivity contribution in [1.82, 2.24) is 29.7 Å². The second kappa shape index (κ2) is 12.1. The lowest BCUT2D eigenvalue weighted by molar-refractivity contribution is 0.0173. The largest absolute Gasteiger partial charge is 0.444 e. The van der Waals surface area contributed by atoms with Crippen LogP contribution in [0.3, 0.4) is 0 Å². The van der Waals surface area contributed by atoms with Gasteiger partial charge in [-0.3, -0.25) is 4.90 Å². The van der Waals surface area contributed by atoms with Crippen molar-refractivity contribution in [3.8, 4) is 33.6 Å². The van der Waals surface area contributed by atoms with Crippen molar-refractivity contribution in [2.45, 2.75) is 103 Å². The molecular formula is C38H47FN6O4Si. The normalized spacial score (nSPS) is 22.8. The highest BCUT2D eigenvalue weighted by Crippen LogP contribution is 2.53. The maximum Gasteiger partial charge on any atom is 0.411 e. The minimum Gasteiger partial charge on any atom is -0.444 e. The molecule has 2 aromatic carbocycles. The van der Waals surface area contributed by atoms with Gasteiger partial charge in [-0.1, -0.05) is 61.6 Å². The number of hydrogen-bond donors (Lipinski definition) is 2. The van der Waals surface area contributed by atoms with Gasteiger partial charge in [0.05, 0.1) is 32.0 Å². The van der Waals surface area contributed by atoms with E-state index in [1.807, 2.05) is 101 Å². The smallest absolute Gasteiger partial charge is 0.411 e. The maximum absolute atomic E-state index is 15.3. The zero-order valence-corrected chi connectivity index (χ0v) is 31.1. The van der Waals surface area contributed by atoms with Crippen LogP contribution < -0.4 is 0 Å². The highest BCUT2D eigenvalue weighted by atomic mass is 28.3. The van der Waals surface area contributed by atoms with Gasteiger partial charge in [0.25, 0.3) is 0 Å². The molecule has 264 valence electrons. The van der Waals surface area contributed by atoms with Gasteiger partial charge in [0.2, 0.25) is 5.95 Å². The highest BCUT2D eigenvalue weighted by Gasteiger charge is 2.56. The lowest BCUT2D eigenvalue weighted by Crippen LogP contribution is -2.39. The summed E-state index contributed by atoms with van der Waals surface area (Å²) in [6.07, 6.45) is 3.59. The summed E-state index contributed by atoms with van der Waals surface area (Å²) >= 11 is 0. The summed E-state index contributed by atoms with van der Waals surface area (Å²) in [6.45, 7) is 15.8. The molecule has 2 saturated heterocycles. The second-order valence-electron chi connectivity index (χ2n) is 16.8. The average Bonchev–Trinajstić information content (AvgIpc) is 3.42. The Kier molecular flexibility index (Phi) is 8.23. The van der Waals surface area contributed by atoms with Crippen LogP contribution in [-0.4, -0.2) is 73.4 Å². The number of halogens is 1. The van der Waals surface area contributed by atoms with Crippen molar-refractivity contribution in [1.29, 1.82) is 0 Å². The van der Waals surface area contributed by atoms with Crippen LogP contribution in [-0.2, 0) is 9.47 Å². The van der Waals surface area contributed by atoms with E-state index in [2.05, 4.69) is 28.0 Å². The number of hydrogen-bond acceptors (Lipinski definition) is 6. The molecule has 4 heterocycles. The number of likely N-dealkylation sites (tertiary alicyclic amines) is 1. The Morgan fingerprint density at radius 3 is 2.00 bits per heavy atom. The summed E-state index contributed by atoms with van der Waals surface area (Å²) in [4.78, 5) is 45.3. The zero-order chi connectivity index (χ0) is 35.7. The van der Waals surface area contributed by atoms with Crippen molar-refractivity contribution in [3.05, 3.63) is 72.3 Å². The zero-order valence-electron chi connectivity index (χ0n) is 30.1. The standard InChI is InChI=1S/C38H47FN6O4Si/c1-37(2,3)48-35(46)44-21-50(7,8)20-30(44)33-40-19-27(41-33)24-13-9-22(10-14-24)23-11-15-25(16-12-23)31-32(39)43-34(42-31)29-18-26-17-28(26)45(29)36(47)49-38(4,5)6/h9-16,19,26,28-30H,17-18,20-21H2,1-8H3,(H,40,41)(H,42,43)/t26-,28-,29+,30+/m1/s1. The molecule has 2 N–H and O–H groups in total. The van der Waals surface area contributed by atoms with Gasteiger partial charge in [-0.05, 0) is 83.0 Å².